The highest BCUT2D eigenvalue weighted by Crippen LogP contribution is 2.24. The second-order valence-electron chi connectivity index (χ2n) is 9.63. The van der Waals surface area contributed by atoms with Crippen molar-refractivity contribution in [1.82, 2.24) is 10.2 Å². The maximum Gasteiger partial charge on any atom is 0.264 e. The number of amides is 2. The number of hydrogen-bond donors (Lipinski definition) is 1. The molecular weight excluding hydrogens is 505 g/mol. The first kappa shape index (κ1) is 28.8. The fraction of sp³-hybridized carbons (Fsp3) is 0.310. The number of hydrogen-bond acceptors (Lipinski definition) is 4. The third-order valence-electron chi connectivity index (χ3n) is 6.01. The lowest BCUT2D eigenvalue weighted by Gasteiger charge is -2.32. The molecule has 0 spiro atoms. The quantitative estimate of drug-likeness (QED) is 0.388. The third-order valence-corrected chi connectivity index (χ3v) is 7.80. The summed E-state index contributed by atoms with van der Waals surface area (Å²) in [6.45, 7) is 7.53. The SMILES string of the molecule is Cc1cccc(CN(C(=O)CN(c2ccccc2)S(=O)(=O)c2ccc(F)cc2)[C@H](C)C(=O)NCC(C)C)c1. The molecule has 0 bridgehead atoms. The smallest absolute Gasteiger partial charge is 0.264 e. The number of para-hydroxylation sites is 1. The molecule has 0 aliphatic rings. The van der Waals surface area contributed by atoms with Crippen LogP contribution >= 0.6 is 0 Å². The molecule has 3 rings (SSSR count). The largest absolute Gasteiger partial charge is 0.354 e. The van der Waals surface area contributed by atoms with Crippen molar-refractivity contribution in [1.29, 1.82) is 0 Å². The summed E-state index contributed by atoms with van der Waals surface area (Å²) < 4.78 is 41.8. The minimum Gasteiger partial charge on any atom is -0.354 e. The number of nitrogens with one attached hydrogen (secondary N) is 1. The first-order chi connectivity index (χ1) is 18.0. The minimum atomic E-state index is -4.23. The second kappa shape index (κ2) is 12.7. The van der Waals surface area contributed by atoms with Crippen LogP contribution in [-0.4, -0.2) is 44.3 Å². The van der Waals surface area contributed by atoms with Crippen LogP contribution in [-0.2, 0) is 26.2 Å². The van der Waals surface area contributed by atoms with Gasteiger partial charge in [-0.05, 0) is 61.7 Å². The Balaban J connectivity index is 1.98. The predicted molar refractivity (Wildman–Crippen MR) is 146 cm³/mol. The molecule has 1 atom stereocenters. The molecule has 9 heteroatoms. The summed E-state index contributed by atoms with van der Waals surface area (Å²) in [5.41, 5.74) is 2.09. The first-order valence-corrected chi connectivity index (χ1v) is 13.9. The summed E-state index contributed by atoms with van der Waals surface area (Å²) in [5.74, 6) is -1.22. The van der Waals surface area contributed by atoms with E-state index < -0.39 is 34.3 Å². The number of halogens is 1. The number of benzene rings is 3. The molecule has 0 unspecified atom stereocenters. The van der Waals surface area contributed by atoms with Gasteiger partial charge in [-0.15, -0.1) is 0 Å². The van der Waals surface area contributed by atoms with Crippen LogP contribution in [0.15, 0.2) is 83.8 Å². The van der Waals surface area contributed by atoms with Crippen molar-refractivity contribution in [3.05, 3.63) is 95.8 Å². The number of carbonyl (C=O) groups excluding carboxylic acids is 2. The van der Waals surface area contributed by atoms with E-state index in [1.165, 1.54) is 4.90 Å². The number of sulfonamides is 1. The highest BCUT2D eigenvalue weighted by molar-refractivity contribution is 7.92. The number of carbonyl (C=O) groups is 2. The summed E-state index contributed by atoms with van der Waals surface area (Å²) >= 11 is 0. The van der Waals surface area contributed by atoms with Gasteiger partial charge in [-0.25, -0.2) is 12.8 Å². The molecule has 0 fully saturated rings. The Labute approximate surface area is 224 Å². The molecule has 38 heavy (non-hydrogen) atoms. The van der Waals surface area contributed by atoms with Gasteiger partial charge >= 0.3 is 0 Å². The van der Waals surface area contributed by atoms with Crippen molar-refractivity contribution in [2.45, 2.75) is 45.2 Å². The van der Waals surface area contributed by atoms with E-state index in [-0.39, 0.29) is 29.0 Å². The molecular formula is C29H34FN3O4S. The fourth-order valence-electron chi connectivity index (χ4n) is 3.90. The van der Waals surface area contributed by atoms with Crippen LogP contribution in [0.4, 0.5) is 10.1 Å². The summed E-state index contributed by atoms with van der Waals surface area (Å²) in [7, 11) is -4.23. The molecule has 0 aliphatic heterocycles. The van der Waals surface area contributed by atoms with E-state index >= 15 is 0 Å². The summed E-state index contributed by atoms with van der Waals surface area (Å²) in [4.78, 5) is 28.0. The molecule has 2 amide bonds. The molecule has 3 aromatic rings. The minimum absolute atomic E-state index is 0.121. The van der Waals surface area contributed by atoms with Gasteiger partial charge in [0.05, 0.1) is 10.6 Å². The molecule has 0 aliphatic carbocycles. The first-order valence-electron chi connectivity index (χ1n) is 12.4. The normalized spacial score (nSPS) is 12.2. The Morgan fingerprint density at radius 1 is 0.921 bits per heavy atom. The van der Waals surface area contributed by atoms with Gasteiger partial charge in [-0.1, -0.05) is 61.9 Å². The molecule has 0 radical (unpaired) electrons. The van der Waals surface area contributed by atoms with Gasteiger partial charge in [-0.3, -0.25) is 13.9 Å². The molecule has 0 saturated heterocycles. The van der Waals surface area contributed by atoms with Crippen molar-refractivity contribution in [2.24, 2.45) is 5.92 Å². The molecule has 0 aromatic heterocycles. The Bertz CT molecular complexity index is 1350. The topological polar surface area (TPSA) is 86.8 Å². The van der Waals surface area contributed by atoms with Gasteiger partial charge in [0.25, 0.3) is 10.0 Å². The standard InChI is InChI=1S/C29H34FN3O4S/c1-21(2)18-31-29(35)23(4)32(19-24-10-8-9-22(3)17-24)28(34)20-33(26-11-6-5-7-12-26)38(36,37)27-15-13-25(30)14-16-27/h5-17,21,23H,18-20H2,1-4H3,(H,31,35)/t23-/m1/s1. The van der Waals surface area contributed by atoms with E-state index in [9.17, 15) is 22.4 Å². The van der Waals surface area contributed by atoms with Gasteiger partial charge in [0.2, 0.25) is 11.8 Å². The Morgan fingerprint density at radius 3 is 2.18 bits per heavy atom. The lowest BCUT2D eigenvalue weighted by Crippen LogP contribution is -2.51. The maximum atomic E-state index is 13.8. The van der Waals surface area contributed by atoms with E-state index in [4.69, 9.17) is 0 Å². The highest BCUT2D eigenvalue weighted by atomic mass is 32.2. The van der Waals surface area contributed by atoms with E-state index in [0.29, 0.717) is 6.54 Å². The molecule has 202 valence electrons. The number of rotatable bonds is 11. The average molecular weight is 540 g/mol. The van der Waals surface area contributed by atoms with Crippen molar-refractivity contribution in [2.75, 3.05) is 17.4 Å². The fourth-order valence-corrected chi connectivity index (χ4v) is 5.31. The van der Waals surface area contributed by atoms with E-state index in [2.05, 4.69) is 5.32 Å². The zero-order chi connectivity index (χ0) is 27.9. The molecule has 0 heterocycles. The number of anilines is 1. The average Bonchev–Trinajstić information content (AvgIpc) is 2.89. The molecule has 0 saturated carbocycles. The lowest BCUT2D eigenvalue weighted by molar-refractivity contribution is -0.139. The van der Waals surface area contributed by atoms with Crippen LogP contribution in [0.2, 0.25) is 0 Å². The van der Waals surface area contributed by atoms with Crippen molar-refractivity contribution in [3.8, 4) is 0 Å². The van der Waals surface area contributed by atoms with Crippen LogP contribution in [0.25, 0.3) is 0 Å². The van der Waals surface area contributed by atoms with E-state index in [1.54, 1.807) is 37.3 Å². The lowest BCUT2D eigenvalue weighted by atomic mass is 10.1. The van der Waals surface area contributed by atoms with E-state index in [0.717, 1.165) is 39.7 Å². The van der Waals surface area contributed by atoms with Crippen LogP contribution < -0.4 is 9.62 Å². The van der Waals surface area contributed by atoms with Crippen molar-refractivity contribution < 1.29 is 22.4 Å². The monoisotopic (exact) mass is 539 g/mol. The van der Waals surface area contributed by atoms with Crippen LogP contribution in [0, 0.1) is 18.7 Å². The van der Waals surface area contributed by atoms with Crippen molar-refractivity contribution >= 4 is 27.5 Å². The van der Waals surface area contributed by atoms with Gasteiger partial charge < -0.3 is 10.2 Å². The molecule has 3 aromatic carbocycles. The van der Waals surface area contributed by atoms with Crippen molar-refractivity contribution in [3.63, 3.8) is 0 Å². The predicted octanol–water partition coefficient (Wildman–Crippen LogP) is 4.52. The van der Waals surface area contributed by atoms with Gasteiger partial charge in [0.1, 0.15) is 18.4 Å². The molecule has 7 nitrogen and oxygen atoms in total. The zero-order valence-electron chi connectivity index (χ0n) is 22.1. The van der Waals surface area contributed by atoms with Crippen LogP contribution in [0.5, 0.6) is 0 Å². The summed E-state index contributed by atoms with van der Waals surface area (Å²) in [5, 5.41) is 2.86. The second-order valence-corrected chi connectivity index (χ2v) is 11.5. The summed E-state index contributed by atoms with van der Waals surface area (Å²) in [6.07, 6.45) is 0. The van der Waals surface area contributed by atoms with Crippen LogP contribution in [0.3, 0.4) is 0 Å². The Morgan fingerprint density at radius 2 is 1.58 bits per heavy atom. The number of aryl methyl sites for hydroxylation is 1. The van der Waals surface area contributed by atoms with Gasteiger partial charge in [0.15, 0.2) is 0 Å². The van der Waals surface area contributed by atoms with E-state index in [1.807, 2.05) is 45.0 Å². The molecule has 1 N–H and O–H groups in total. The van der Waals surface area contributed by atoms with Gasteiger partial charge in [-0.2, -0.15) is 0 Å². The van der Waals surface area contributed by atoms with Gasteiger partial charge in [0, 0.05) is 13.1 Å². The highest BCUT2D eigenvalue weighted by Gasteiger charge is 2.32. The summed E-state index contributed by atoms with van der Waals surface area (Å²) in [6, 6.07) is 19.4. The Kier molecular flexibility index (Phi) is 9.63. The van der Waals surface area contributed by atoms with Crippen LogP contribution in [0.1, 0.15) is 31.9 Å². The number of nitrogens with zero attached hydrogens (tertiary/aromatic N) is 2. The Hall–Kier alpha value is -3.72. The third kappa shape index (κ3) is 7.41. The maximum absolute atomic E-state index is 13.8. The zero-order valence-corrected chi connectivity index (χ0v) is 22.9.